The van der Waals surface area contributed by atoms with Crippen LogP contribution in [0.1, 0.15) is 29.0 Å². The van der Waals surface area contributed by atoms with Crippen LogP contribution in [-0.2, 0) is 0 Å². The number of para-hydroxylation sites is 1. The van der Waals surface area contributed by atoms with Gasteiger partial charge in [-0.05, 0) is 19.1 Å². The molecule has 0 spiro atoms. The molecule has 3 rings (SSSR count). The number of methoxy groups -OCH3 is 1. The molecule has 0 bridgehead atoms. The van der Waals surface area contributed by atoms with Crippen LogP contribution in [0.4, 0.5) is 0 Å². The van der Waals surface area contributed by atoms with Crippen LogP contribution in [0.2, 0.25) is 0 Å². The third kappa shape index (κ3) is 2.86. The highest BCUT2D eigenvalue weighted by molar-refractivity contribution is 6.04. The number of carbonyl (C=O) groups excluding carboxylic acids is 1. The Morgan fingerprint density at radius 1 is 1.12 bits per heavy atom. The number of carbonyl (C=O) groups is 1. The largest absolute Gasteiger partial charge is 0.496 e. The molecule has 0 aliphatic rings. The number of aromatic amines is 1. The molecule has 0 aliphatic carbocycles. The van der Waals surface area contributed by atoms with Crippen molar-refractivity contribution in [2.45, 2.75) is 13.0 Å². The Morgan fingerprint density at radius 2 is 1.79 bits per heavy atom. The van der Waals surface area contributed by atoms with Crippen LogP contribution in [0.25, 0.3) is 10.8 Å². The first-order chi connectivity index (χ1) is 11.6. The topological polar surface area (TPSA) is 84.1 Å². The molecular formula is C18H17N3O3. The van der Waals surface area contributed by atoms with E-state index in [4.69, 9.17) is 4.74 Å². The SMILES string of the molecule is COc1ccccc1C(C)NC(=O)c1n[nH]c(=O)c2ccccc12. The number of H-pyrrole nitrogens is 1. The fraction of sp³-hybridized carbons (Fsp3) is 0.167. The molecule has 0 saturated carbocycles. The van der Waals surface area contributed by atoms with E-state index in [2.05, 4.69) is 15.5 Å². The van der Waals surface area contributed by atoms with E-state index in [0.29, 0.717) is 16.5 Å². The highest BCUT2D eigenvalue weighted by atomic mass is 16.5. The van der Waals surface area contributed by atoms with Crippen molar-refractivity contribution in [1.82, 2.24) is 15.5 Å². The van der Waals surface area contributed by atoms with Crippen molar-refractivity contribution < 1.29 is 9.53 Å². The predicted octanol–water partition coefficient (Wildman–Crippen LogP) is 2.42. The zero-order valence-corrected chi connectivity index (χ0v) is 13.4. The van der Waals surface area contributed by atoms with Gasteiger partial charge < -0.3 is 10.1 Å². The molecule has 3 aromatic rings. The van der Waals surface area contributed by atoms with Gasteiger partial charge >= 0.3 is 0 Å². The van der Waals surface area contributed by atoms with E-state index in [1.165, 1.54) is 0 Å². The fourth-order valence-electron chi connectivity index (χ4n) is 2.65. The maximum Gasteiger partial charge on any atom is 0.272 e. The van der Waals surface area contributed by atoms with E-state index in [1.807, 2.05) is 31.2 Å². The summed E-state index contributed by atoms with van der Waals surface area (Å²) in [5.74, 6) is 0.338. The summed E-state index contributed by atoms with van der Waals surface area (Å²) in [4.78, 5) is 24.4. The lowest BCUT2D eigenvalue weighted by atomic mass is 10.1. The lowest BCUT2D eigenvalue weighted by Gasteiger charge is -2.17. The Bertz CT molecular complexity index is 949. The first kappa shape index (κ1) is 15.7. The highest BCUT2D eigenvalue weighted by Gasteiger charge is 2.18. The average Bonchev–Trinajstić information content (AvgIpc) is 2.62. The van der Waals surface area contributed by atoms with Crippen LogP contribution in [-0.4, -0.2) is 23.2 Å². The van der Waals surface area contributed by atoms with E-state index in [9.17, 15) is 9.59 Å². The second-order valence-electron chi connectivity index (χ2n) is 5.38. The molecule has 1 heterocycles. The van der Waals surface area contributed by atoms with Crippen molar-refractivity contribution in [1.29, 1.82) is 0 Å². The van der Waals surface area contributed by atoms with Crippen LogP contribution in [0.3, 0.4) is 0 Å². The zero-order chi connectivity index (χ0) is 17.1. The standard InChI is InChI=1S/C18H17N3O3/c1-11(12-7-5-6-10-15(12)24-2)19-18(23)16-13-8-3-4-9-14(13)17(22)21-20-16/h3-11H,1-2H3,(H,19,23)(H,21,22). The molecule has 1 amide bonds. The quantitative estimate of drug-likeness (QED) is 0.772. The minimum absolute atomic E-state index is 0.187. The summed E-state index contributed by atoms with van der Waals surface area (Å²) in [5, 5.41) is 10.1. The van der Waals surface area contributed by atoms with E-state index >= 15 is 0 Å². The minimum Gasteiger partial charge on any atom is -0.496 e. The first-order valence-corrected chi connectivity index (χ1v) is 7.53. The smallest absolute Gasteiger partial charge is 0.272 e. The number of amides is 1. The molecule has 0 aliphatic heterocycles. The van der Waals surface area contributed by atoms with Gasteiger partial charge in [0, 0.05) is 10.9 Å². The molecule has 0 radical (unpaired) electrons. The number of benzene rings is 2. The monoisotopic (exact) mass is 323 g/mol. The number of rotatable bonds is 4. The van der Waals surface area contributed by atoms with Crippen LogP contribution in [0, 0.1) is 0 Å². The molecule has 6 heteroatoms. The number of hydrogen-bond acceptors (Lipinski definition) is 4. The molecular weight excluding hydrogens is 306 g/mol. The maximum absolute atomic E-state index is 12.6. The van der Waals surface area contributed by atoms with Crippen molar-refractivity contribution in [2.24, 2.45) is 0 Å². The molecule has 122 valence electrons. The van der Waals surface area contributed by atoms with Gasteiger partial charge in [-0.1, -0.05) is 36.4 Å². The van der Waals surface area contributed by atoms with Gasteiger partial charge in [-0.2, -0.15) is 5.10 Å². The molecule has 1 aromatic heterocycles. The van der Waals surface area contributed by atoms with E-state index in [0.717, 1.165) is 5.56 Å². The summed E-state index contributed by atoms with van der Waals surface area (Å²) in [6.07, 6.45) is 0. The minimum atomic E-state index is -0.360. The van der Waals surface area contributed by atoms with Crippen LogP contribution in [0.15, 0.2) is 53.3 Å². The van der Waals surface area contributed by atoms with Crippen molar-refractivity contribution in [3.63, 3.8) is 0 Å². The third-order valence-electron chi connectivity index (χ3n) is 3.86. The van der Waals surface area contributed by atoms with Gasteiger partial charge in [0.2, 0.25) is 0 Å². The summed E-state index contributed by atoms with van der Waals surface area (Å²) in [6, 6.07) is 14.1. The van der Waals surface area contributed by atoms with Gasteiger partial charge in [0.05, 0.1) is 18.5 Å². The van der Waals surface area contributed by atoms with E-state index in [-0.39, 0.29) is 23.2 Å². The Labute approximate surface area is 138 Å². The molecule has 1 atom stereocenters. The van der Waals surface area contributed by atoms with Crippen molar-refractivity contribution in [3.8, 4) is 5.75 Å². The molecule has 6 nitrogen and oxygen atoms in total. The van der Waals surface area contributed by atoms with E-state index < -0.39 is 0 Å². The summed E-state index contributed by atoms with van der Waals surface area (Å²) < 4.78 is 5.33. The van der Waals surface area contributed by atoms with Gasteiger partial charge in [0.1, 0.15) is 5.75 Å². The molecule has 2 N–H and O–H groups in total. The molecule has 24 heavy (non-hydrogen) atoms. The Hall–Kier alpha value is -3.15. The summed E-state index contributed by atoms with van der Waals surface area (Å²) in [5.41, 5.74) is 0.731. The number of nitrogens with one attached hydrogen (secondary N) is 2. The van der Waals surface area contributed by atoms with Crippen molar-refractivity contribution in [2.75, 3.05) is 7.11 Å². The number of aromatic nitrogens is 2. The highest BCUT2D eigenvalue weighted by Crippen LogP contribution is 2.24. The van der Waals surface area contributed by atoms with Gasteiger partial charge in [-0.3, -0.25) is 9.59 Å². The second-order valence-corrected chi connectivity index (χ2v) is 5.38. The van der Waals surface area contributed by atoms with Crippen molar-refractivity contribution in [3.05, 3.63) is 70.1 Å². The van der Waals surface area contributed by atoms with Crippen LogP contribution < -0.4 is 15.6 Å². The van der Waals surface area contributed by atoms with Crippen LogP contribution in [0.5, 0.6) is 5.75 Å². The Morgan fingerprint density at radius 3 is 2.54 bits per heavy atom. The predicted molar refractivity (Wildman–Crippen MR) is 91.2 cm³/mol. The summed E-state index contributed by atoms with van der Waals surface area (Å²) >= 11 is 0. The first-order valence-electron chi connectivity index (χ1n) is 7.53. The summed E-state index contributed by atoms with van der Waals surface area (Å²) in [6.45, 7) is 1.86. The van der Waals surface area contributed by atoms with E-state index in [1.54, 1.807) is 31.4 Å². The number of fused-ring (bicyclic) bond motifs is 1. The molecule has 0 saturated heterocycles. The number of ether oxygens (including phenoxy) is 1. The molecule has 0 fully saturated rings. The molecule has 2 aromatic carbocycles. The molecule has 1 unspecified atom stereocenters. The Balaban J connectivity index is 1.93. The second kappa shape index (κ2) is 6.54. The lowest BCUT2D eigenvalue weighted by molar-refractivity contribution is 0.0935. The zero-order valence-electron chi connectivity index (χ0n) is 13.4. The number of nitrogens with zero attached hydrogens (tertiary/aromatic N) is 1. The maximum atomic E-state index is 12.6. The third-order valence-corrected chi connectivity index (χ3v) is 3.86. The normalized spacial score (nSPS) is 11.9. The van der Waals surface area contributed by atoms with Crippen molar-refractivity contribution >= 4 is 16.7 Å². The van der Waals surface area contributed by atoms with Gasteiger partial charge in [-0.25, -0.2) is 5.10 Å². The number of hydrogen-bond donors (Lipinski definition) is 2. The Kier molecular flexibility index (Phi) is 4.29. The van der Waals surface area contributed by atoms with Gasteiger partial charge in [0.15, 0.2) is 5.69 Å². The average molecular weight is 323 g/mol. The van der Waals surface area contributed by atoms with Gasteiger partial charge in [-0.15, -0.1) is 0 Å². The van der Waals surface area contributed by atoms with Gasteiger partial charge in [0.25, 0.3) is 11.5 Å². The summed E-state index contributed by atoms with van der Waals surface area (Å²) in [7, 11) is 1.59. The van der Waals surface area contributed by atoms with Crippen LogP contribution >= 0.6 is 0 Å². The lowest BCUT2D eigenvalue weighted by Crippen LogP contribution is -2.29. The fourth-order valence-corrected chi connectivity index (χ4v) is 2.65.